The van der Waals surface area contributed by atoms with Crippen molar-refractivity contribution in [2.24, 2.45) is 0 Å². The van der Waals surface area contributed by atoms with Gasteiger partial charge in [-0.15, -0.1) is 0 Å². The first-order chi connectivity index (χ1) is 9.49. The summed E-state index contributed by atoms with van der Waals surface area (Å²) in [6.07, 6.45) is 2.89. The van der Waals surface area contributed by atoms with Gasteiger partial charge in [0.2, 0.25) is 10.0 Å². The fraction of sp³-hybridized carbons (Fsp3) is 0.500. The lowest BCUT2D eigenvalue weighted by atomic mass is 10.1. The minimum absolute atomic E-state index is 0.254. The second-order valence-electron chi connectivity index (χ2n) is 5.13. The number of carboxylic acids is 1. The zero-order valence-electron chi connectivity index (χ0n) is 11.2. The summed E-state index contributed by atoms with van der Waals surface area (Å²) in [5, 5.41) is 8.59. The van der Waals surface area contributed by atoms with E-state index in [1.165, 1.54) is 0 Å². The average Bonchev–Trinajstić information content (AvgIpc) is 2.93. The number of benzene rings is 1. The Kier molecular flexibility index (Phi) is 4.77. The maximum Gasteiger partial charge on any atom is 0.305 e. The monoisotopic (exact) mass is 297 g/mol. The Bertz CT molecular complexity index is 550. The Morgan fingerprint density at radius 3 is 2.40 bits per heavy atom. The molecule has 1 aliphatic carbocycles. The second kappa shape index (κ2) is 6.37. The van der Waals surface area contributed by atoms with Gasteiger partial charge in [0.25, 0.3) is 0 Å². The third-order valence-corrected chi connectivity index (χ3v) is 5.59. The van der Waals surface area contributed by atoms with Crippen molar-refractivity contribution in [3.63, 3.8) is 0 Å². The van der Waals surface area contributed by atoms with Gasteiger partial charge in [0.15, 0.2) is 0 Å². The molecule has 1 atom stereocenters. The zero-order valence-corrected chi connectivity index (χ0v) is 12.0. The Hall–Kier alpha value is -1.40. The highest BCUT2D eigenvalue weighted by molar-refractivity contribution is 7.90. The number of hydrogen-bond donors (Lipinski definition) is 2. The highest BCUT2D eigenvalue weighted by Crippen LogP contribution is 2.26. The highest BCUT2D eigenvalue weighted by Gasteiger charge is 2.31. The Balaban J connectivity index is 2.17. The molecule has 1 aromatic carbocycles. The van der Waals surface area contributed by atoms with Gasteiger partial charge in [0, 0.05) is 0 Å². The first-order valence-corrected chi connectivity index (χ1v) is 8.31. The number of carbonyl (C=O) groups is 1. The van der Waals surface area contributed by atoms with E-state index in [0.29, 0.717) is 18.4 Å². The molecule has 0 aliphatic heterocycles. The molecule has 110 valence electrons. The van der Waals surface area contributed by atoms with E-state index in [9.17, 15) is 13.2 Å². The van der Waals surface area contributed by atoms with Crippen molar-refractivity contribution >= 4 is 16.0 Å². The Labute approximate surface area is 119 Å². The molecule has 0 saturated heterocycles. The predicted octanol–water partition coefficient (Wildman–Crippen LogP) is 2.06. The van der Waals surface area contributed by atoms with Gasteiger partial charge >= 0.3 is 5.97 Å². The van der Waals surface area contributed by atoms with Crippen LogP contribution in [0.5, 0.6) is 0 Å². The second-order valence-corrected chi connectivity index (χ2v) is 7.12. The molecular formula is C14H19NO4S. The molecule has 0 bridgehead atoms. The molecule has 5 nitrogen and oxygen atoms in total. The van der Waals surface area contributed by atoms with E-state index in [1.54, 1.807) is 24.3 Å². The number of hydrogen-bond acceptors (Lipinski definition) is 3. The summed E-state index contributed by atoms with van der Waals surface area (Å²) < 4.78 is 27.2. The van der Waals surface area contributed by atoms with Crippen LogP contribution in [-0.4, -0.2) is 24.7 Å². The third-order valence-electron chi connectivity index (χ3n) is 3.63. The van der Waals surface area contributed by atoms with Gasteiger partial charge in [-0.25, -0.2) is 13.1 Å². The van der Waals surface area contributed by atoms with Crippen LogP contribution in [0, 0.1) is 0 Å². The number of aliphatic carboxylic acids is 1. The maximum absolute atomic E-state index is 12.3. The highest BCUT2D eigenvalue weighted by atomic mass is 32.2. The van der Waals surface area contributed by atoms with Gasteiger partial charge in [0.05, 0.1) is 17.7 Å². The largest absolute Gasteiger partial charge is 0.481 e. The molecule has 0 amide bonds. The van der Waals surface area contributed by atoms with Crippen LogP contribution >= 0.6 is 0 Å². The molecule has 0 radical (unpaired) electrons. The van der Waals surface area contributed by atoms with E-state index < -0.39 is 22.0 Å². The van der Waals surface area contributed by atoms with Crippen molar-refractivity contribution in [2.45, 2.75) is 43.4 Å². The number of carboxylic acid groups (broad SMARTS) is 1. The minimum Gasteiger partial charge on any atom is -0.481 e. The molecule has 2 N–H and O–H groups in total. The average molecular weight is 297 g/mol. The van der Waals surface area contributed by atoms with E-state index >= 15 is 0 Å². The van der Waals surface area contributed by atoms with E-state index in [2.05, 4.69) is 4.72 Å². The molecule has 6 heteroatoms. The predicted molar refractivity (Wildman–Crippen MR) is 75.7 cm³/mol. The van der Waals surface area contributed by atoms with Gasteiger partial charge in [-0.3, -0.25) is 4.79 Å². The molecule has 1 aromatic rings. The van der Waals surface area contributed by atoms with E-state index in [-0.39, 0.29) is 11.7 Å². The quantitative estimate of drug-likeness (QED) is 0.842. The summed E-state index contributed by atoms with van der Waals surface area (Å²) >= 11 is 0. The lowest BCUT2D eigenvalue weighted by molar-refractivity contribution is -0.137. The molecule has 20 heavy (non-hydrogen) atoms. The molecule has 2 rings (SSSR count). The summed E-state index contributed by atoms with van der Waals surface area (Å²) in [7, 11) is -3.47. The van der Waals surface area contributed by atoms with Gasteiger partial charge in [-0.1, -0.05) is 43.2 Å². The summed E-state index contributed by atoms with van der Waals surface area (Å²) in [5.41, 5.74) is 0.677. The Morgan fingerprint density at radius 1 is 1.25 bits per heavy atom. The molecule has 1 aliphatic rings. The molecule has 0 aromatic heterocycles. The fourth-order valence-corrected chi connectivity index (χ4v) is 4.34. The fourth-order valence-electron chi connectivity index (χ4n) is 2.58. The van der Waals surface area contributed by atoms with Crippen molar-refractivity contribution in [1.82, 2.24) is 4.72 Å². The number of rotatable bonds is 6. The van der Waals surface area contributed by atoms with Crippen LogP contribution in [0.3, 0.4) is 0 Å². The molecule has 1 unspecified atom stereocenters. The van der Waals surface area contributed by atoms with Crippen molar-refractivity contribution in [3.8, 4) is 0 Å². The van der Waals surface area contributed by atoms with Crippen LogP contribution in [0.15, 0.2) is 30.3 Å². The van der Waals surface area contributed by atoms with Gasteiger partial charge < -0.3 is 5.11 Å². The smallest absolute Gasteiger partial charge is 0.305 e. The van der Waals surface area contributed by atoms with Crippen LogP contribution in [0.25, 0.3) is 0 Å². The van der Waals surface area contributed by atoms with Crippen LogP contribution < -0.4 is 4.72 Å². The van der Waals surface area contributed by atoms with Gasteiger partial charge in [0.1, 0.15) is 0 Å². The number of sulfonamides is 1. The lowest BCUT2D eigenvalue weighted by Crippen LogP contribution is -2.36. The minimum atomic E-state index is -3.47. The molecule has 0 heterocycles. The van der Waals surface area contributed by atoms with Crippen molar-refractivity contribution in [1.29, 1.82) is 0 Å². The van der Waals surface area contributed by atoms with Crippen molar-refractivity contribution in [3.05, 3.63) is 35.9 Å². The summed E-state index contributed by atoms with van der Waals surface area (Å²) in [6, 6.07) is 8.13. The lowest BCUT2D eigenvalue weighted by Gasteiger charge is -2.20. The molecular weight excluding hydrogens is 278 g/mol. The van der Waals surface area contributed by atoms with Crippen LogP contribution in [0.2, 0.25) is 0 Å². The third kappa shape index (κ3) is 3.80. The SMILES string of the molecule is O=C(O)CC(NS(=O)(=O)C1CCCC1)c1ccccc1. The van der Waals surface area contributed by atoms with E-state index in [4.69, 9.17) is 5.11 Å². The van der Waals surface area contributed by atoms with E-state index in [1.807, 2.05) is 6.07 Å². The topological polar surface area (TPSA) is 83.5 Å². The zero-order chi connectivity index (χ0) is 14.6. The van der Waals surface area contributed by atoms with Crippen molar-refractivity contribution in [2.75, 3.05) is 0 Å². The number of nitrogens with one attached hydrogen (secondary N) is 1. The molecule has 1 fully saturated rings. The molecule has 1 saturated carbocycles. The normalized spacial score (nSPS) is 18.0. The summed E-state index contributed by atoms with van der Waals surface area (Å²) in [6.45, 7) is 0. The van der Waals surface area contributed by atoms with Crippen LogP contribution in [0.4, 0.5) is 0 Å². The maximum atomic E-state index is 12.3. The van der Waals surface area contributed by atoms with Crippen molar-refractivity contribution < 1.29 is 18.3 Å². The van der Waals surface area contributed by atoms with Gasteiger partial charge in [-0.2, -0.15) is 0 Å². The van der Waals surface area contributed by atoms with Crippen LogP contribution in [0.1, 0.15) is 43.7 Å². The van der Waals surface area contributed by atoms with E-state index in [0.717, 1.165) is 12.8 Å². The summed E-state index contributed by atoms with van der Waals surface area (Å²) in [5.74, 6) is -1.02. The standard InChI is InChI=1S/C14H19NO4S/c16-14(17)10-13(11-6-2-1-3-7-11)15-20(18,19)12-8-4-5-9-12/h1-3,6-7,12-13,15H,4-5,8-10H2,(H,16,17). The molecule has 0 spiro atoms. The Morgan fingerprint density at radius 2 is 1.85 bits per heavy atom. The first kappa shape index (κ1) is 15.0. The summed E-state index contributed by atoms with van der Waals surface area (Å²) in [4.78, 5) is 11.0. The first-order valence-electron chi connectivity index (χ1n) is 6.77. The van der Waals surface area contributed by atoms with Crippen LogP contribution in [-0.2, 0) is 14.8 Å². The van der Waals surface area contributed by atoms with Gasteiger partial charge in [-0.05, 0) is 18.4 Å².